The van der Waals surface area contributed by atoms with E-state index in [1.54, 1.807) is 13.2 Å². The number of benzene rings is 3. The molecule has 8 heteroatoms. The highest BCUT2D eigenvalue weighted by Gasteiger charge is 2.26. The van der Waals surface area contributed by atoms with Crippen LogP contribution in [0.3, 0.4) is 0 Å². The molecule has 0 saturated carbocycles. The van der Waals surface area contributed by atoms with Crippen LogP contribution in [0.15, 0.2) is 90.3 Å². The Balaban J connectivity index is 1.38. The molecule has 4 heterocycles. The third-order valence-electron chi connectivity index (χ3n) is 9.89. The van der Waals surface area contributed by atoms with Crippen LogP contribution in [0, 0.1) is 17.8 Å². The Morgan fingerprint density at radius 1 is 1.02 bits per heavy atom. The molecule has 0 spiro atoms. The molecule has 0 amide bonds. The SMILES string of the molecule is COCNC1C=C2C#CC(C)CCCC3CC(O)CCc4ccc(O)c(c4)OCc4cc(Cc5ccccc5)cc5cn(cc45)C(=C2CO3)N1. The third-order valence-corrected chi connectivity index (χ3v) is 9.89. The fraction of sp³-hybridized carbons (Fsp3) is 0.381. The molecular formula is C42H47N3O5. The van der Waals surface area contributed by atoms with Crippen LogP contribution in [-0.4, -0.2) is 53.6 Å². The molecule has 4 atom stereocenters. The number of fused-ring (bicyclic) bond motifs is 6. The van der Waals surface area contributed by atoms with Gasteiger partial charge in [0.25, 0.3) is 0 Å². The molecule has 0 radical (unpaired) electrons. The minimum atomic E-state index is -0.529. The van der Waals surface area contributed by atoms with Gasteiger partial charge in [-0.1, -0.05) is 61.2 Å². The summed E-state index contributed by atoms with van der Waals surface area (Å²) in [6.45, 7) is 3.19. The van der Waals surface area contributed by atoms with Gasteiger partial charge < -0.3 is 34.3 Å². The Kier molecular flexibility index (Phi) is 10.6. The number of aliphatic hydroxyl groups excluding tert-OH is 1. The molecule has 6 bridgehead atoms. The number of aromatic hydroxyl groups is 1. The van der Waals surface area contributed by atoms with Gasteiger partial charge >= 0.3 is 0 Å². The van der Waals surface area contributed by atoms with E-state index in [9.17, 15) is 10.2 Å². The monoisotopic (exact) mass is 673 g/mol. The number of hydrogen-bond donors (Lipinski definition) is 4. The number of nitrogens with zero attached hydrogens (tertiary/aromatic N) is 1. The highest BCUT2D eigenvalue weighted by molar-refractivity contribution is 5.88. The van der Waals surface area contributed by atoms with E-state index in [0.717, 1.165) is 64.5 Å². The quantitative estimate of drug-likeness (QED) is 0.139. The Morgan fingerprint density at radius 3 is 2.76 bits per heavy atom. The van der Waals surface area contributed by atoms with Crippen LogP contribution in [-0.2, 0) is 28.9 Å². The van der Waals surface area contributed by atoms with E-state index in [-0.39, 0.29) is 30.5 Å². The lowest BCUT2D eigenvalue weighted by atomic mass is 9.97. The Bertz CT molecular complexity index is 1940. The van der Waals surface area contributed by atoms with Crippen LogP contribution < -0.4 is 15.4 Å². The summed E-state index contributed by atoms with van der Waals surface area (Å²) in [5.41, 5.74) is 6.34. The molecule has 4 unspecified atom stereocenters. The van der Waals surface area contributed by atoms with Crippen molar-refractivity contribution in [3.05, 3.63) is 113 Å². The van der Waals surface area contributed by atoms with Gasteiger partial charge in [0.1, 0.15) is 18.6 Å². The number of nitrogens with one attached hydrogen (secondary N) is 2. The fourth-order valence-electron chi connectivity index (χ4n) is 7.16. The zero-order chi connectivity index (χ0) is 34.5. The molecule has 8 nitrogen and oxygen atoms in total. The van der Waals surface area contributed by atoms with Gasteiger partial charge in [-0.3, -0.25) is 5.32 Å². The zero-order valence-corrected chi connectivity index (χ0v) is 29.0. The molecule has 4 N–H and O–H groups in total. The predicted molar refractivity (Wildman–Crippen MR) is 196 cm³/mol. The van der Waals surface area contributed by atoms with Crippen molar-refractivity contribution in [1.82, 2.24) is 15.2 Å². The number of methoxy groups -OCH3 is 1. The van der Waals surface area contributed by atoms with Crippen molar-refractivity contribution >= 4 is 16.6 Å². The van der Waals surface area contributed by atoms with Gasteiger partial charge in [0.15, 0.2) is 11.5 Å². The van der Waals surface area contributed by atoms with Crippen LogP contribution in [0.1, 0.15) is 61.3 Å². The van der Waals surface area contributed by atoms with Gasteiger partial charge in [-0.2, -0.15) is 0 Å². The Labute approximate surface area is 294 Å². The highest BCUT2D eigenvalue weighted by Crippen LogP contribution is 2.33. The summed E-state index contributed by atoms with van der Waals surface area (Å²) in [6.07, 6.45) is 11.0. The standard InChI is InChI=1S/C42H47N3O5/c1-28-7-6-10-36-22-35(46)15-12-30-13-16-39(47)40(20-30)50-25-34-19-31(17-29-8-4-3-5-9-29)18-33-23-45(24-37(33)34)42-38(26-49-36)32(14-11-28)21-41(44-42)43-27-48-2/h3-5,8-9,13,16,18-21,23-24,28,35-36,41,43-44,46-47H,6-7,10,12,15,17,22,25-27H2,1-2H3. The minimum Gasteiger partial charge on any atom is -0.504 e. The van der Waals surface area contributed by atoms with Crippen molar-refractivity contribution in [3.8, 4) is 23.3 Å². The lowest BCUT2D eigenvalue weighted by molar-refractivity contribution is 0.0167. The van der Waals surface area contributed by atoms with Crippen molar-refractivity contribution in [1.29, 1.82) is 0 Å². The molecule has 7 rings (SSSR count). The summed E-state index contributed by atoms with van der Waals surface area (Å²) in [5, 5.41) is 31.3. The summed E-state index contributed by atoms with van der Waals surface area (Å²) in [6, 6.07) is 20.4. The van der Waals surface area contributed by atoms with Crippen LogP contribution in [0.2, 0.25) is 0 Å². The van der Waals surface area contributed by atoms with Crippen molar-refractivity contribution in [3.63, 3.8) is 0 Å². The Morgan fingerprint density at radius 2 is 1.90 bits per heavy atom. The molecule has 0 saturated heterocycles. The summed E-state index contributed by atoms with van der Waals surface area (Å²) < 4.78 is 20.6. The lowest BCUT2D eigenvalue weighted by Crippen LogP contribution is -2.44. The first-order valence-corrected chi connectivity index (χ1v) is 17.8. The third kappa shape index (κ3) is 8.09. The van der Waals surface area contributed by atoms with Crippen molar-refractivity contribution in [2.75, 3.05) is 20.4 Å². The average molecular weight is 674 g/mol. The molecule has 3 aliphatic heterocycles. The number of dihydropyridines is 1. The highest BCUT2D eigenvalue weighted by atomic mass is 16.5. The summed E-state index contributed by atoms with van der Waals surface area (Å²) >= 11 is 0. The maximum atomic E-state index is 11.2. The van der Waals surface area contributed by atoms with E-state index in [4.69, 9.17) is 14.2 Å². The Hall–Kier alpha value is -4.52. The van der Waals surface area contributed by atoms with Gasteiger partial charge in [0.2, 0.25) is 0 Å². The van der Waals surface area contributed by atoms with Crippen molar-refractivity contribution in [2.24, 2.45) is 5.92 Å². The second kappa shape index (κ2) is 15.6. The van der Waals surface area contributed by atoms with E-state index < -0.39 is 6.10 Å². The molecule has 3 aliphatic rings. The smallest absolute Gasteiger partial charge is 0.161 e. The number of phenolic OH excluding ortho intramolecular Hbond substituents is 1. The van der Waals surface area contributed by atoms with Crippen molar-refractivity contribution < 1.29 is 24.4 Å². The average Bonchev–Trinajstić information content (AvgIpc) is 3.54. The van der Waals surface area contributed by atoms with Gasteiger partial charge in [-0.25, -0.2) is 0 Å². The maximum absolute atomic E-state index is 11.2. The minimum absolute atomic E-state index is 0.0994. The predicted octanol–water partition coefficient (Wildman–Crippen LogP) is 6.64. The number of aliphatic hydroxyl groups is 1. The van der Waals surface area contributed by atoms with E-state index in [1.165, 1.54) is 11.1 Å². The van der Waals surface area contributed by atoms with Crippen LogP contribution in [0.5, 0.6) is 11.5 Å². The first-order chi connectivity index (χ1) is 24.4. The second-order valence-electron chi connectivity index (χ2n) is 13.8. The number of phenols is 1. The molecule has 3 aromatic carbocycles. The van der Waals surface area contributed by atoms with Crippen LogP contribution in [0.4, 0.5) is 0 Å². The number of rotatable bonds is 5. The van der Waals surface area contributed by atoms with Crippen LogP contribution in [0.25, 0.3) is 16.6 Å². The molecule has 4 aromatic rings. The molecule has 0 fully saturated rings. The molecule has 260 valence electrons. The normalized spacial score (nSPS) is 22.7. The first-order valence-electron chi connectivity index (χ1n) is 17.8. The van der Waals surface area contributed by atoms with Gasteiger partial charge in [-0.05, 0) is 91.5 Å². The van der Waals surface area contributed by atoms with Gasteiger partial charge in [-0.15, -0.1) is 0 Å². The number of ether oxygens (including phenoxy) is 3. The molecule has 1 aromatic heterocycles. The van der Waals surface area contributed by atoms with Gasteiger partial charge in [0.05, 0.1) is 25.5 Å². The molecular weight excluding hydrogens is 626 g/mol. The lowest BCUT2D eigenvalue weighted by Gasteiger charge is -2.29. The number of hydrogen-bond acceptors (Lipinski definition) is 7. The molecule has 0 aliphatic carbocycles. The summed E-state index contributed by atoms with van der Waals surface area (Å²) in [4.78, 5) is 0. The first kappa shape index (κ1) is 34.0. The molecule has 50 heavy (non-hydrogen) atoms. The second-order valence-corrected chi connectivity index (χ2v) is 13.8. The summed E-state index contributed by atoms with van der Waals surface area (Å²) in [7, 11) is 1.67. The topological polar surface area (TPSA) is 97.1 Å². The fourth-order valence-corrected chi connectivity index (χ4v) is 7.16. The number of aryl methyl sites for hydroxylation is 1. The summed E-state index contributed by atoms with van der Waals surface area (Å²) in [5.74, 6) is 8.69. The van der Waals surface area contributed by atoms with E-state index in [2.05, 4.69) is 88.8 Å². The zero-order valence-electron chi connectivity index (χ0n) is 29.0. The largest absolute Gasteiger partial charge is 0.504 e. The number of aromatic nitrogens is 1. The van der Waals surface area contributed by atoms with Gasteiger partial charge in [0, 0.05) is 47.3 Å². The van der Waals surface area contributed by atoms with Crippen molar-refractivity contribution in [2.45, 2.75) is 76.9 Å². The van der Waals surface area contributed by atoms with E-state index >= 15 is 0 Å². The maximum Gasteiger partial charge on any atom is 0.161 e. The van der Waals surface area contributed by atoms with E-state index in [1.807, 2.05) is 18.2 Å². The van der Waals surface area contributed by atoms with E-state index in [0.29, 0.717) is 38.3 Å². The van der Waals surface area contributed by atoms with Crippen LogP contribution >= 0.6 is 0 Å².